The van der Waals surface area contributed by atoms with E-state index in [1.54, 1.807) is 14.2 Å². The predicted octanol–water partition coefficient (Wildman–Crippen LogP) is 3.62. The van der Waals surface area contributed by atoms with E-state index in [4.69, 9.17) is 28.4 Å². The number of benzene rings is 1. The zero-order valence-electron chi connectivity index (χ0n) is 18.2. The number of rotatable bonds is 9. The lowest BCUT2D eigenvalue weighted by atomic mass is 9.66. The van der Waals surface area contributed by atoms with Crippen molar-refractivity contribution in [1.82, 2.24) is 0 Å². The molecular weight excluding hydrogens is 388 g/mol. The Bertz CT molecular complexity index is 831. The smallest absolute Gasteiger partial charge is 0.229 e. The molecule has 2 aliphatic rings. The van der Waals surface area contributed by atoms with Crippen LogP contribution in [0, 0.1) is 11.3 Å². The van der Waals surface area contributed by atoms with Gasteiger partial charge in [-0.1, -0.05) is 19.1 Å². The van der Waals surface area contributed by atoms with Gasteiger partial charge in [0.05, 0.1) is 27.9 Å². The molecule has 1 fully saturated rings. The number of methoxy groups -OCH3 is 4. The van der Waals surface area contributed by atoms with Crippen LogP contribution in [0.25, 0.3) is 0 Å². The summed E-state index contributed by atoms with van der Waals surface area (Å²) in [4.78, 5) is 12.7. The molecule has 0 aromatic heterocycles. The normalized spacial score (nSPS) is 28.0. The third-order valence-electron chi connectivity index (χ3n) is 6.10. The van der Waals surface area contributed by atoms with E-state index in [0.717, 1.165) is 5.56 Å². The van der Waals surface area contributed by atoms with Crippen molar-refractivity contribution in [2.45, 2.75) is 38.8 Å². The van der Waals surface area contributed by atoms with Crippen molar-refractivity contribution in [3.05, 3.63) is 47.9 Å². The number of ketones is 1. The molecule has 0 spiro atoms. The van der Waals surface area contributed by atoms with Gasteiger partial charge in [-0.3, -0.25) is 4.79 Å². The summed E-state index contributed by atoms with van der Waals surface area (Å²) >= 11 is 0. The fourth-order valence-electron chi connectivity index (χ4n) is 4.37. The van der Waals surface area contributed by atoms with Gasteiger partial charge in [-0.05, 0) is 30.5 Å². The molecule has 164 valence electrons. The van der Waals surface area contributed by atoms with Crippen LogP contribution in [-0.4, -0.2) is 46.6 Å². The zero-order chi connectivity index (χ0) is 21.9. The van der Waals surface area contributed by atoms with Crippen molar-refractivity contribution in [2.75, 3.05) is 28.4 Å². The van der Waals surface area contributed by atoms with Gasteiger partial charge in [0.1, 0.15) is 6.10 Å². The maximum absolute atomic E-state index is 12.7. The second-order valence-electron chi connectivity index (χ2n) is 7.58. The molecule has 0 saturated carbocycles. The maximum atomic E-state index is 12.7. The lowest BCUT2D eigenvalue weighted by Gasteiger charge is -2.38. The minimum Gasteiger partial charge on any atom is -0.493 e. The summed E-state index contributed by atoms with van der Waals surface area (Å²) in [5.74, 6) is 1.78. The van der Waals surface area contributed by atoms with Crippen LogP contribution in [0.5, 0.6) is 11.5 Å². The Morgan fingerprint density at radius 1 is 1.17 bits per heavy atom. The second-order valence-corrected chi connectivity index (χ2v) is 7.58. The Morgan fingerprint density at radius 2 is 1.90 bits per heavy atom. The molecule has 1 heterocycles. The first kappa shape index (κ1) is 22.2. The molecule has 7 nitrogen and oxygen atoms in total. The minimum atomic E-state index is -0.584. The highest BCUT2D eigenvalue weighted by molar-refractivity contribution is 5.99. The van der Waals surface area contributed by atoms with E-state index in [2.05, 4.69) is 13.5 Å². The summed E-state index contributed by atoms with van der Waals surface area (Å²) in [7, 11) is 6.20. The molecule has 30 heavy (non-hydrogen) atoms. The van der Waals surface area contributed by atoms with Crippen LogP contribution < -0.4 is 9.47 Å². The molecule has 1 aromatic rings. The van der Waals surface area contributed by atoms with Crippen molar-refractivity contribution >= 4 is 5.78 Å². The van der Waals surface area contributed by atoms with Crippen LogP contribution in [0.15, 0.2) is 42.4 Å². The third-order valence-corrected chi connectivity index (χ3v) is 6.10. The lowest BCUT2D eigenvalue weighted by molar-refractivity contribution is -0.133. The maximum Gasteiger partial charge on any atom is 0.229 e. The first-order chi connectivity index (χ1) is 14.4. The summed E-state index contributed by atoms with van der Waals surface area (Å²) in [5.41, 5.74) is 0.451. The molecule has 7 heteroatoms. The predicted molar refractivity (Wildman–Crippen MR) is 110 cm³/mol. The quantitative estimate of drug-likeness (QED) is 0.567. The lowest BCUT2D eigenvalue weighted by Crippen LogP contribution is -2.42. The van der Waals surface area contributed by atoms with Crippen LogP contribution in [-0.2, 0) is 30.3 Å². The number of carbonyl (C=O) groups excluding carboxylic acids is 1. The van der Waals surface area contributed by atoms with Crippen molar-refractivity contribution in [2.24, 2.45) is 11.3 Å². The Hall–Kier alpha value is -2.51. The highest BCUT2D eigenvalue weighted by Crippen LogP contribution is 2.56. The van der Waals surface area contributed by atoms with Gasteiger partial charge in [-0.15, -0.1) is 6.58 Å². The molecular formula is C23H30O7. The average molecular weight is 418 g/mol. The minimum absolute atomic E-state index is 0.0402. The Kier molecular flexibility index (Phi) is 6.73. The molecule has 1 aliphatic heterocycles. The van der Waals surface area contributed by atoms with Gasteiger partial charge in [-0.25, -0.2) is 0 Å². The molecule has 0 unspecified atom stereocenters. The Morgan fingerprint density at radius 3 is 2.50 bits per heavy atom. The monoisotopic (exact) mass is 418 g/mol. The van der Waals surface area contributed by atoms with E-state index in [1.165, 1.54) is 14.2 Å². The number of allylic oxidation sites excluding steroid dienone is 2. The fraction of sp³-hybridized carbons (Fsp3) is 0.522. The summed E-state index contributed by atoms with van der Waals surface area (Å²) in [6.45, 7) is 6.29. The number of fused-ring (bicyclic) bond motifs is 1. The van der Waals surface area contributed by atoms with Crippen molar-refractivity contribution in [1.29, 1.82) is 0 Å². The fourth-order valence-corrected chi connectivity index (χ4v) is 4.37. The van der Waals surface area contributed by atoms with Gasteiger partial charge in [0.2, 0.25) is 17.8 Å². The molecule has 0 radical (unpaired) electrons. The van der Waals surface area contributed by atoms with E-state index >= 15 is 0 Å². The van der Waals surface area contributed by atoms with Crippen LogP contribution in [0.3, 0.4) is 0 Å². The van der Waals surface area contributed by atoms with Gasteiger partial charge in [0.15, 0.2) is 17.3 Å². The van der Waals surface area contributed by atoms with Gasteiger partial charge in [0.25, 0.3) is 0 Å². The second kappa shape index (κ2) is 9.10. The molecule has 1 aliphatic carbocycles. The number of ether oxygens (including phenoxy) is 6. The highest BCUT2D eigenvalue weighted by atomic mass is 16.7. The van der Waals surface area contributed by atoms with Crippen molar-refractivity contribution < 1.29 is 33.2 Å². The topological polar surface area (TPSA) is 72.5 Å². The van der Waals surface area contributed by atoms with E-state index in [1.807, 2.05) is 24.3 Å². The van der Waals surface area contributed by atoms with Crippen molar-refractivity contribution in [3.8, 4) is 11.5 Å². The third kappa shape index (κ3) is 3.68. The molecule has 4 atom stereocenters. The van der Waals surface area contributed by atoms with Crippen LogP contribution in [0.2, 0.25) is 0 Å². The van der Waals surface area contributed by atoms with Crippen molar-refractivity contribution in [3.63, 3.8) is 0 Å². The standard InChI is InChI=1S/C23H30O7/c1-7-10-23-12-18(27-5)19(24)20(28-6)21(23)30-22(14(23)2)29-13-15-8-9-16(25-3)17(11-15)26-4/h7-9,11,14,18,22H,1,10,12-13H2,2-6H3/t14-,18+,22-,23-/m1/s1. The Balaban J connectivity index is 1.86. The SMILES string of the molecule is C=CC[C@]12C[C@H](OC)C(=O)C(OC)=C1O[C@@H](OCc1ccc(OC)c(OC)c1)[C@H]2C. The highest BCUT2D eigenvalue weighted by Gasteiger charge is 2.58. The molecule has 0 N–H and O–H groups in total. The molecule has 3 rings (SSSR count). The molecule has 0 amide bonds. The van der Waals surface area contributed by atoms with E-state index < -0.39 is 17.8 Å². The summed E-state index contributed by atoms with van der Waals surface area (Å²) in [6.07, 6.45) is 1.83. The van der Waals surface area contributed by atoms with Gasteiger partial charge >= 0.3 is 0 Å². The molecule has 0 bridgehead atoms. The van der Waals surface area contributed by atoms with Gasteiger partial charge in [-0.2, -0.15) is 0 Å². The zero-order valence-corrected chi connectivity index (χ0v) is 18.2. The summed E-state index contributed by atoms with van der Waals surface area (Å²) in [6, 6.07) is 5.62. The summed E-state index contributed by atoms with van der Waals surface area (Å²) < 4.78 is 33.9. The molecule has 1 aromatic carbocycles. The number of carbonyl (C=O) groups is 1. The first-order valence-corrected chi connectivity index (χ1v) is 9.91. The number of Topliss-reactive ketones (excluding diaryl/α,β-unsaturated/α-hetero) is 1. The largest absolute Gasteiger partial charge is 0.493 e. The van der Waals surface area contributed by atoms with Crippen LogP contribution in [0.4, 0.5) is 0 Å². The van der Waals surface area contributed by atoms with Crippen LogP contribution >= 0.6 is 0 Å². The first-order valence-electron chi connectivity index (χ1n) is 9.91. The van der Waals surface area contributed by atoms with Crippen LogP contribution in [0.1, 0.15) is 25.3 Å². The number of hydrogen-bond acceptors (Lipinski definition) is 7. The Labute approximate surface area is 177 Å². The van der Waals surface area contributed by atoms with Gasteiger partial charge < -0.3 is 28.4 Å². The van der Waals surface area contributed by atoms with E-state index in [9.17, 15) is 4.79 Å². The average Bonchev–Trinajstić information content (AvgIpc) is 3.03. The molecule has 1 saturated heterocycles. The summed E-state index contributed by atoms with van der Waals surface area (Å²) in [5, 5.41) is 0. The van der Waals surface area contributed by atoms with E-state index in [0.29, 0.717) is 36.7 Å². The van der Waals surface area contributed by atoms with Gasteiger partial charge in [0, 0.05) is 18.4 Å². The number of hydrogen-bond donors (Lipinski definition) is 0. The van der Waals surface area contributed by atoms with E-state index in [-0.39, 0.29) is 17.5 Å².